The zero-order valence-electron chi connectivity index (χ0n) is 8.66. The van der Waals surface area contributed by atoms with Gasteiger partial charge in [-0.3, -0.25) is 0 Å². The van der Waals surface area contributed by atoms with E-state index in [0.717, 1.165) is 12.8 Å². The van der Waals surface area contributed by atoms with Gasteiger partial charge in [-0.2, -0.15) is 0 Å². The maximum atomic E-state index is 11.5. The summed E-state index contributed by atoms with van der Waals surface area (Å²) in [5, 5.41) is -0.332. The molecule has 0 aromatic carbocycles. The average Bonchev–Trinajstić information content (AvgIpc) is 2.04. The summed E-state index contributed by atoms with van der Waals surface area (Å²) in [5.41, 5.74) is 0. The van der Waals surface area contributed by atoms with Crippen LogP contribution in [0.3, 0.4) is 0 Å². The van der Waals surface area contributed by atoms with E-state index in [9.17, 15) is 8.42 Å². The first kappa shape index (κ1) is 12.7. The lowest BCUT2D eigenvalue weighted by molar-refractivity contribution is 0.456. The summed E-state index contributed by atoms with van der Waals surface area (Å²) in [4.78, 5) is 0. The second-order valence-electron chi connectivity index (χ2n) is 3.35. The monoisotopic (exact) mass is 205 g/mol. The quantitative estimate of drug-likeness (QED) is 0.488. The minimum Gasteiger partial charge on any atom is -0.212 e. The lowest BCUT2D eigenvalue weighted by Crippen LogP contribution is -2.33. The SMILES string of the molecule is C=CCCCN(C)S(=O)(=O)C(C)C. The molecule has 0 aliphatic carbocycles. The fraction of sp³-hybridized carbons (Fsp3) is 0.778. The molecule has 13 heavy (non-hydrogen) atoms. The fourth-order valence-corrected chi connectivity index (χ4v) is 2.05. The van der Waals surface area contributed by atoms with Crippen molar-refractivity contribution in [3.05, 3.63) is 12.7 Å². The van der Waals surface area contributed by atoms with Gasteiger partial charge >= 0.3 is 0 Å². The van der Waals surface area contributed by atoms with Gasteiger partial charge in [-0.25, -0.2) is 12.7 Å². The molecule has 0 amide bonds. The van der Waals surface area contributed by atoms with Crippen LogP contribution in [-0.4, -0.2) is 31.6 Å². The van der Waals surface area contributed by atoms with Crippen LogP contribution in [0.15, 0.2) is 12.7 Å². The molecule has 0 aliphatic rings. The van der Waals surface area contributed by atoms with E-state index >= 15 is 0 Å². The molecule has 0 atom stereocenters. The van der Waals surface area contributed by atoms with Gasteiger partial charge in [0.25, 0.3) is 0 Å². The van der Waals surface area contributed by atoms with E-state index in [2.05, 4.69) is 6.58 Å². The fourth-order valence-electron chi connectivity index (χ4n) is 0.945. The first-order chi connectivity index (χ1) is 5.92. The number of sulfonamides is 1. The first-order valence-electron chi connectivity index (χ1n) is 4.49. The molecule has 0 rings (SSSR count). The number of hydrogen-bond donors (Lipinski definition) is 0. The molecule has 0 aromatic heterocycles. The van der Waals surface area contributed by atoms with Crippen LogP contribution in [0.1, 0.15) is 26.7 Å². The molecule has 0 bridgehead atoms. The molecule has 4 heteroatoms. The zero-order valence-corrected chi connectivity index (χ0v) is 9.47. The summed E-state index contributed by atoms with van der Waals surface area (Å²) < 4.78 is 24.5. The van der Waals surface area contributed by atoms with Crippen LogP contribution in [0.4, 0.5) is 0 Å². The van der Waals surface area contributed by atoms with Gasteiger partial charge in [-0.1, -0.05) is 6.08 Å². The summed E-state index contributed by atoms with van der Waals surface area (Å²) in [5.74, 6) is 0. The molecule has 0 saturated heterocycles. The van der Waals surface area contributed by atoms with Crippen LogP contribution in [0.5, 0.6) is 0 Å². The molecule has 0 N–H and O–H groups in total. The largest absolute Gasteiger partial charge is 0.216 e. The molecule has 0 heterocycles. The summed E-state index contributed by atoms with van der Waals surface area (Å²) in [6, 6.07) is 0. The molecule has 0 fully saturated rings. The minimum absolute atomic E-state index is 0.332. The predicted molar refractivity (Wildman–Crippen MR) is 56.1 cm³/mol. The standard InChI is InChI=1S/C9H19NO2S/c1-5-6-7-8-10(4)13(11,12)9(2)3/h5,9H,1,6-8H2,2-4H3. The number of allylic oxidation sites excluding steroid dienone is 1. The Bertz CT molecular complexity index is 244. The molecular weight excluding hydrogens is 186 g/mol. The molecule has 78 valence electrons. The van der Waals surface area contributed by atoms with Gasteiger partial charge in [-0.05, 0) is 26.7 Å². The highest BCUT2D eigenvalue weighted by atomic mass is 32.2. The van der Waals surface area contributed by atoms with Crippen LogP contribution in [0.25, 0.3) is 0 Å². The van der Waals surface area contributed by atoms with Crippen molar-refractivity contribution < 1.29 is 8.42 Å². The Kier molecular flexibility index (Phi) is 5.25. The number of rotatable bonds is 6. The van der Waals surface area contributed by atoms with E-state index in [1.54, 1.807) is 27.0 Å². The second kappa shape index (κ2) is 5.40. The van der Waals surface area contributed by atoms with Crippen LogP contribution < -0.4 is 0 Å². The van der Waals surface area contributed by atoms with Crippen molar-refractivity contribution in [1.82, 2.24) is 4.31 Å². The van der Waals surface area contributed by atoms with Crippen molar-refractivity contribution >= 4 is 10.0 Å². The summed E-state index contributed by atoms with van der Waals surface area (Å²) >= 11 is 0. The lowest BCUT2D eigenvalue weighted by Gasteiger charge is -2.19. The van der Waals surface area contributed by atoms with Gasteiger partial charge in [0.15, 0.2) is 0 Å². The van der Waals surface area contributed by atoms with E-state index in [1.165, 1.54) is 4.31 Å². The summed E-state index contributed by atoms with van der Waals surface area (Å²) in [6.07, 6.45) is 3.50. The van der Waals surface area contributed by atoms with Gasteiger partial charge in [0, 0.05) is 13.6 Å². The summed E-state index contributed by atoms with van der Waals surface area (Å²) in [6.45, 7) is 7.55. The van der Waals surface area contributed by atoms with Crippen molar-refractivity contribution in [3.63, 3.8) is 0 Å². The van der Waals surface area contributed by atoms with Crippen molar-refractivity contribution in [3.8, 4) is 0 Å². The molecule has 0 saturated carbocycles. The van der Waals surface area contributed by atoms with Gasteiger partial charge < -0.3 is 0 Å². The summed E-state index contributed by atoms with van der Waals surface area (Å²) in [7, 11) is -1.43. The zero-order chi connectivity index (χ0) is 10.5. The highest BCUT2D eigenvalue weighted by Crippen LogP contribution is 2.07. The molecule has 0 unspecified atom stereocenters. The smallest absolute Gasteiger partial charge is 0.212 e. The first-order valence-corrected chi connectivity index (χ1v) is 5.99. The van der Waals surface area contributed by atoms with E-state index in [1.807, 2.05) is 0 Å². The Labute approximate surface area is 81.5 Å². The molecular formula is C9H19NO2S. The van der Waals surface area contributed by atoms with Crippen LogP contribution in [0, 0.1) is 0 Å². The third kappa shape index (κ3) is 3.91. The molecule has 0 aliphatic heterocycles. The minimum atomic E-state index is -3.06. The molecule has 0 radical (unpaired) electrons. The van der Waals surface area contributed by atoms with Crippen LogP contribution in [-0.2, 0) is 10.0 Å². The van der Waals surface area contributed by atoms with E-state index < -0.39 is 10.0 Å². The average molecular weight is 205 g/mol. The van der Waals surface area contributed by atoms with Gasteiger partial charge in [0.1, 0.15) is 0 Å². The predicted octanol–water partition coefficient (Wildman–Crippen LogP) is 1.62. The normalized spacial score (nSPS) is 12.4. The molecule has 3 nitrogen and oxygen atoms in total. The topological polar surface area (TPSA) is 37.4 Å². The van der Waals surface area contributed by atoms with E-state index in [4.69, 9.17) is 0 Å². The third-order valence-corrected chi connectivity index (χ3v) is 4.15. The highest BCUT2D eigenvalue weighted by molar-refractivity contribution is 7.89. The molecule has 0 spiro atoms. The van der Waals surface area contributed by atoms with Crippen molar-refractivity contribution in [2.45, 2.75) is 31.9 Å². The number of hydrogen-bond acceptors (Lipinski definition) is 2. The Morgan fingerprint density at radius 3 is 2.38 bits per heavy atom. The Balaban J connectivity index is 4.10. The van der Waals surface area contributed by atoms with Crippen molar-refractivity contribution in [2.75, 3.05) is 13.6 Å². The van der Waals surface area contributed by atoms with Gasteiger partial charge in [-0.15, -0.1) is 6.58 Å². The second-order valence-corrected chi connectivity index (χ2v) is 5.94. The van der Waals surface area contributed by atoms with Crippen molar-refractivity contribution in [2.24, 2.45) is 0 Å². The van der Waals surface area contributed by atoms with Crippen LogP contribution in [0.2, 0.25) is 0 Å². The lowest BCUT2D eigenvalue weighted by atomic mass is 10.3. The van der Waals surface area contributed by atoms with Crippen molar-refractivity contribution in [1.29, 1.82) is 0 Å². The third-order valence-electron chi connectivity index (χ3n) is 1.91. The highest BCUT2D eigenvalue weighted by Gasteiger charge is 2.20. The van der Waals surface area contributed by atoms with Gasteiger partial charge in [0.2, 0.25) is 10.0 Å². The van der Waals surface area contributed by atoms with E-state index in [-0.39, 0.29) is 5.25 Å². The number of nitrogens with zero attached hydrogens (tertiary/aromatic N) is 1. The Morgan fingerprint density at radius 2 is 2.00 bits per heavy atom. The molecule has 0 aromatic rings. The number of unbranched alkanes of at least 4 members (excludes halogenated alkanes) is 1. The maximum Gasteiger partial charge on any atom is 0.216 e. The van der Waals surface area contributed by atoms with Gasteiger partial charge in [0.05, 0.1) is 5.25 Å². The Hall–Kier alpha value is -0.350. The van der Waals surface area contributed by atoms with Crippen LogP contribution >= 0.6 is 0 Å². The maximum absolute atomic E-state index is 11.5. The van der Waals surface area contributed by atoms with E-state index in [0.29, 0.717) is 6.54 Å². The Morgan fingerprint density at radius 1 is 1.46 bits per heavy atom.